The summed E-state index contributed by atoms with van der Waals surface area (Å²) in [6, 6.07) is 0. The molecule has 5 N–H and O–H groups in total. The van der Waals surface area contributed by atoms with Crippen LogP contribution in [0.25, 0.3) is 0 Å². The molecule has 78 valence electrons. The second-order valence-corrected chi connectivity index (χ2v) is 2.90. The molecule has 0 aromatic carbocycles. The van der Waals surface area contributed by atoms with E-state index in [-0.39, 0.29) is 0 Å². The lowest BCUT2D eigenvalue weighted by Crippen LogP contribution is -2.10. The van der Waals surface area contributed by atoms with Crippen LogP contribution in [0.1, 0.15) is 13.3 Å². The molecule has 0 aliphatic carbocycles. The number of nitrogens with two attached hydrogens (primary N) is 1. The Balaban J connectivity index is 0. The Morgan fingerprint density at radius 1 is 1.54 bits per heavy atom. The van der Waals surface area contributed by atoms with Gasteiger partial charge in [0.25, 0.3) is 0 Å². The number of hydrogen-bond acceptors (Lipinski definition) is 4. The SMILES string of the molecule is C=C(CC)C(=O)ON.O=P(O)(O)O. The minimum atomic E-state index is -4.64. The van der Waals surface area contributed by atoms with Crippen LogP contribution in [-0.4, -0.2) is 20.6 Å². The third-order valence-electron chi connectivity index (χ3n) is 0.822. The zero-order valence-electron chi connectivity index (χ0n) is 7.01. The number of carbonyl (C=O) groups is 1. The third kappa shape index (κ3) is 18.3. The summed E-state index contributed by atoms with van der Waals surface area (Å²) in [7, 11) is -4.64. The van der Waals surface area contributed by atoms with Crippen molar-refractivity contribution >= 4 is 13.8 Å². The molecule has 0 unspecified atom stereocenters. The molecule has 0 aromatic heterocycles. The molecular weight excluding hydrogens is 201 g/mol. The second-order valence-electron chi connectivity index (χ2n) is 1.88. The van der Waals surface area contributed by atoms with Gasteiger partial charge in [-0.2, -0.15) is 5.90 Å². The molecule has 0 saturated carbocycles. The van der Waals surface area contributed by atoms with Crippen LogP contribution in [0.4, 0.5) is 0 Å². The van der Waals surface area contributed by atoms with E-state index in [0.717, 1.165) is 0 Å². The Labute approximate surface area is 75.0 Å². The van der Waals surface area contributed by atoms with Crippen molar-refractivity contribution in [3.05, 3.63) is 12.2 Å². The topological polar surface area (TPSA) is 130 Å². The van der Waals surface area contributed by atoms with Gasteiger partial charge in [0.1, 0.15) is 0 Å². The highest BCUT2D eigenvalue weighted by Crippen LogP contribution is 2.25. The van der Waals surface area contributed by atoms with E-state index >= 15 is 0 Å². The number of hydrogen-bond donors (Lipinski definition) is 4. The summed E-state index contributed by atoms with van der Waals surface area (Å²) in [5.41, 5.74) is 0.396. The van der Waals surface area contributed by atoms with E-state index in [2.05, 4.69) is 17.3 Å². The zero-order valence-corrected chi connectivity index (χ0v) is 7.90. The second kappa shape index (κ2) is 6.76. The van der Waals surface area contributed by atoms with Crippen molar-refractivity contribution in [2.24, 2.45) is 5.90 Å². The van der Waals surface area contributed by atoms with Gasteiger partial charge in [-0.1, -0.05) is 13.5 Å². The summed E-state index contributed by atoms with van der Waals surface area (Å²) in [5.74, 6) is 4.00. The van der Waals surface area contributed by atoms with Gasteiger partial charge in [-0.15, -0.1) is 0 Å². The molecule has 0 atom stereocenters. The number of carbonyl (C=O) groups excluding carboxylic acids is 1. The van der Waals surface area contributed by atoms with Crippen molar-refractivity contribution in [2.45, 2.75) is 13.3 Å². The largest absolute Gasteiger partial charge is 0.466 e. The van der Waals surface area contributed by atoms with Crippen molar-refractivity contribution in [1.29, 1.82) is 0 Å². The average Bonchev–Trinajstić information content (AvgIpc) is 1.98. The molecule has 13 heavy (non-hydrogen) atoms. The Hall–Kier alpha value is -0.720. The summed E-state index contributed by atoms with van der Waals surface area (Å²) in [6.45, 7) is 5.19. The van der Waals surface area contributed by atoms with Gasteiger partial charge < -0.3 is 19.5 Å². The van der Waals surface area contributed by atoms with Crippen LogP contribution in [0.5, 0.6) is 0 Å². The first-order valence-corrected chi connectivity index (χ1v) is 4.66. The lowest BCUT2D eigenvalue weighted by Gasteiger charge is -1.94. The van der Waals surface area contributed by atoms with Gasteiger partial charge in [0, 0.05) is 5.57 Å². The standard InChI is InChI=1S/C5H9NO2.H3O4P/c1-3-4(2)5(7)8-6;1-5(2,3)4/h2-3,6H2,1H3;(H3,1,2,3,4). The first-order chi connectivity index (χ1) is 5.72. The molecular formula is C5H12NO6P. The fraction of sp³-hybridized carbons (Fsp3) is 0.400. The van der Waals surface area contributed by atoms with E-state index < -0.39 is 13.8 Å². The maximum atomic E-state index is 10.3. The molecule has 0 radical (unpaired) electrons. The predicted molar refractivity (Wildman–Crippen MR) is 44.0 cm³/mol. The Kier molecular flexibility index (Phi) is 7.69. The maximum absolute atomic E-state index is 10.3. The number of phosphoric acid groups is 1. The van der Waals surface area contributed by atoms with Gasteiger partial charge in [0.2, 0.25) is 0 Å². The minimum Gasteiger partial charge on any atom is -0.370 e. The summed E-state index contributed by atoms with van der Waals surface area (Å²) >= 11 is 0. The van der Waals surface area contributed by atoms with E-state index in [1.165, 1.54) is 0 Å². The van der Waals surface area contributed by atoms with Crippen molar-refractivity contribution in [3.63, 3.8) is 0 Å². The van der Waals surface area contributed by atoms with Gasteiger partial charge >= 0.3 is 13.8 Å². The normalized spacial score (nSPS) is 9.62. The van der Waals surface area contributed by atoms with E-state index in [4.69, 9.17) is 19.2 Å². The van der Waals surface area contributed by atoms with Crippen LogP contribution in [0.3, 0.4) is 0 Å². The smallest absolute Gasteiger partial charge is 0.370 e. The van der Waals surface area contributed by atoms with Crippen LogP contribution in [0, 0.1) is 0 Å². The molecule has 0 aromatic rings. The lowest BCUT2D eigenvalue weighted by atomic mass is 10.2. The van der Waals surface area contributed by atoms with E-state index in [1.54, 1.807) is 6.92 Å². The van der Waals surface area contributed by atoms with Crippen LogP contribution >= 0.6 is 7.82 Å². The Morgan fingerprint density at radius 3 is 1.92 bits per heavy atom. The first-order valence-electron chi connectivity index (χ1n) is 3.09. The highest BCUT2D eigenvalue weighted by molar-refractivity contribution is 7.45. The molecule has 0 rings (SSSR count). The van der Waals surface area contributed by atoms with Gasteiger partial charge in [-0.25, -0.2) is 9.36 Å². The monoisotopic (exact) mass is 213 g/mol. The Bertz CT molecular complexity index is 199. The molecule has 0 bridgehead atoms. The average molecular weight is 213 g/mol. The van der Waals surface area contributed by atoms with Crippen LogP contribution in [-0.2, 0) is 14.2 Å². The summed E-state index contributed by atoms with van der Waals surface area (Å²) in [5, 5.41) is 0. The van der Waals surface area contributed by atoms with E-state index in [0.29, 0.717) is 12.0 Å². The Morgan fingerprint density at radius 2 is 1.85 bits per heavy atom. The molecule has 0 aliphatic heterocycles. The molecule has 0 saturated heterocycles. The van der Waals surface area contributed by atoms with E-state index in [1.807, 2.05) is 0 Å². The highest BCUT2D eigenvalue weighted by Gasteiger charge is 2.01. The highest BCUT2D eigenvalue weighted by atomic mass is 31.2. The molecule has 7 nitrogen and oxygen atoms in total. The lowest BCUT2D eigenvalue weighted by molar-refractivity contribution is -0.139. The minimum absolute atomic E-state index is 0.396. The fourth-order valence-electron chi connectivity index (χ4n) is 0.228. The van der Waals surface area contributed by atoms with Gasteiger partial charge in [-0.05, 0) is 6.42 Å². The summed E-state index contributed by atoms with van der Waals surface area (Å²) < 4.78 is 8.88. The van der Waals surface area contributed by atoms with Crippen LogP contribution in [0.2, 0.25) is 0 Å². The maximum Gasteiger partial charge on any atom is 0.466 e. The summed E-state index contributed by atoms with van der Waals surface area (Å²) in [4.78, 5) is 35.7. The molecule has 0 spiro atoms. The molecule has 8 heteroatoms. The first kappa shape index (κ1) is 14.8. The van der Waals surface area contributed by atoms with Crippen molar-refractivity contribution < 1.29 is 28.9 Å². The quantitative estimate of drug-likeness (QED) is 0.274. The predicted octanol–water partition coefficient (Wildman–Crippen LogP) is -0.559. The van der Waals surface area contributed by atoms with Crippen molar-refractivity contribution in [3.8, 4) is 0 Å². The van der Waals surface area contributed by atoms with Gasteiger partial charge in [0.05, 0.1) is 0 Å². The van der Waals surface area contributed by atoms with Gasteiger partial charge in [-0.3, -0.25) is 0 Å². The van der Waals surface area contributed by atoms with Crippen LogP contribution in [0.15, 0.2) is 12.2 Å². The van der Waals surface area contributed by atoms with E-state index in [9.17, 15) is 4.79 Å². The molecule has 0 heterocycles. The fourth-order valence-corrected chi connectivity index (χ4v) is 0.228. The van der Waals surface area contributed by atoms with Crippen molar-refractivity contribution in [2.75, 3.05) is 0 Å². The van der Waals surface area contributed by atoms with Gasteiger partial charge in [0.15, 0.2) is 0 Å². The molecule has 0 fully saturated rings. The molecule has 0 aliphatic rings. The zero-order chi connectivity index (χ0) is 11.1. The number of rotatable bonds is 2. The van der Waals surface area contributed by atoms with Crippen molar-refractivity contribution in [1.82, 2.24) is 0 Å². The molecule has 0 amide bonds. The third-order valence-corrected chi connectivity index (χ3v) is 0.822. The van der Waals surface area contributed by atoms with Crippen LogP contribution < -0.4 is 5.90 Å². The summed E-state index contributed by atoms with van der Waals surface area (Å²) in [6.07, 6.45) is 0.579.